The zero-order valence-electron chi connectivity index (χ0n) is 12.5. The number of nitrogens with one attached hydrogen (secondary N) is 1. The summed E-state index contributed by atoms with van der Waals surface area (Å²) in [6.07, 6.45) is 2.32. The Bertz CT molecular complexity index is 596. The minimum absolute atomic E-state index is 0.300. The highest BCUT2D eigenvalue weighted by Crippen LogP contribution is 2.20. The van der Waals surface area contributed by atoms with Crippen LogP contribution in [0.4, 0.5) is 6.01 Å². The van der Waals surface area contributed by atoms with Crippen molar-refractivity contribution in [3.8, 4) is 0 Å². The number of fused-ring (bicyclic) bond motifs is 1. The summed E-state index contributed by atoms with van der Waals surface area (Å²) < 4.78 is 5.67. The van der Waals surface area contributed by atoms with Crippen LogP contribution in [0, 0.1) is 12.8 Å². The Morgan fingerprint density at radius 2 is 2.38 bits per heavy atom. The molecule has 5 nitrogen and oxygen atoms in total. The molecule has 0 saturated carbocycles. The van der Waals surface area contributed by atoms with Gasteiger partial charge in [-0.1, -0.05) is 6.07 Å². The van der Waals surface area contributed by atoms with Crippen molar-refractivity contribution in [3.63, 3.8) is 0 Å². The van der Waals surface area contributed by atoms with E-state index in [1.165, 1.54) is 12.0 Å². The lowest BCUT2D eigenvalue weighted by atomic mass is 9.99. The predicted octanol–water partition coefficient (Wildman–Crippen LogP) is 2.25. The molecule has 114 valence electrons. The van der Waals surface area contributed by atoms with E-state index in [4.69, 9.17) is 4.42 Å². The van der Waals surface area contributed by atoms with Crippen LogP contribution >= 0.6 is 0 Å². The van der Waals surface area contributed by atoms with Crippen LogP contribution in [0.15, 0.2) is 22.6 Å². The molecule has 2 N–H and O–H groups in total. The molecule has 0 radical (unpaired) electrons. The standard InChI is InChI=1S/C16H23N3O2/c1-12-4-5-15-14(9-12)18-16(21-15)17-6-8-19-7-2-3-13(10-19)11-20/h4-5,9,13,20H,2-3,6-8,10-11H2,1H3,(H,17,18)/t13-/m1/s1. The van der Waals surface area contributed by atoms with Gasteiger partial charge in [-0.2, -0.15) is 4.98 Å². The number of piperidine rings is 1. The van der Waals surface area contributed by atoms with Gasteiger partial charge in [-0.05, 0) is 49.9 Å². The third-order valence-electron chi connectivity index (χ3n) is 4.11. The van der Waals surface area contributed by atoms with Gasteiger partial charge in [0.25, 0.3) is 6.01 Å². The summed E-state index contributed by atoms with van der Waals surface area (Å²) in [6, 6.07) is 6.60. The number of aromatic nitrogens is 1. The number of hydrogen-bond acceptors (Lipinski definition) is 5. The van der Waals surface area contributed by atoms with Gasteiger partial charge < -0.3 is 19.7 Å². The van der Waals surface area contributed by atoms with Gasteiger partial charge in [0.1, 0.15) is 5.52 Å². The third-order valence-corrected chi connectivity index (χ3v) is 4.11. The van der Waals surface area contributed by atoms with Gasteiger partial charge in [0.15, 0.2) is 5.58 Å². The molecule has 2 heterocycles. The van der Waals surface area contributed by atoms with Crippen LogP contribution in [0.25, 0.3) is 11.1 Å². The third kappa shape index (κ3) is 3.54. The molecule has 0 bridgehead atoms. The normalized spacial score (nSPS) is 20.0. The molecule has 1 fully saturated rings. The van der Waals surface area contributed by atoms with Gasteiger partial charge in [0.2, 0.25) is 0 Å². The number of aliphatic hydroxyl groups excluding tert-OH is 1. The van der Waals surface area contributed by atoms with E-state index >= 15 is 0 Å². The van der Waals surface area contributed by atoms with E-state index < -0.39 is 0 Å². The summed E-state index contributed by atoms with van der Waals surface area (Å²) >= 11 is 0. The molecule has 1 aromatic carbocycles. The number of benzene rings is 1. The first-order chi connectivity index (χ1) is 10.2. The minimum Gasteiger partial charge on any atom is -0.424 e. The molecule has 0 amide bonds. The summed E-state index contributed by atoms with van der Waals surface area (Å²) in [5.74, 6) is 0.436. The maximum Gasteiger partial charge on any atom is 0.295 e. The quantitative estimate of drug-likeness (QED) is 0.884. The first-order valence-corrected chi connectivity index (χ1v) is 7.69. The van der Waals surface area contributed by atoms with Gasteiger partial charge in [-0.3, -0.25) is 0 Å². The fourth-order valence-electron chi connectivity index (χ4n) is 2.94. The molecule has 0 aliphatic carbocycles. The SMILES string of the molecule is Cc1ccc2oc(NCCN3CCC[C@@H](CO)C3)nc2c1. The van der Waals surface area contributed by atoms with E-state index in [1.807, 2.05) is 18.2 Å². The Balaban J connectivity index is 1.52. The second kappa shape index (κ2) is 6.45. The number of oxazole rings is 1. The van der Waals surface area contributed by atoms with Crippen molar-refractivity contribution in [1.82, 2.24) is 9.88 Å². The van der Waals surface area contributed by atoms with Crippen molar-refractivity contribution < 1.29 is 9.52 Å². The average Bonchev–Trinajstić information content (AvgIpc) is 2.89. The molecule has 5 heteroatoms. The topological polar surface area (TPSA) is 61.5 Å². The number of aliphatic hydroxyl groups is 1. The summed E-state index contributed by atoms with van der Waals surface area (Å²) in [4.78, 5) is 6.84. The van der Waals surface area contributed by atoms with E-state index in [0.717, 1.165) is 43.7 Å². The Hall–Kier alpha value is -1.59. The molecule has 1 atom stereocenters. The van der Waals surface area contributed by atoms with Crippen LogP contribution in [0.3, 0.4) is 0 Å². The molecule has 2 aromatic rings. The Kier molecular flexibility index (Phi) is 4.41. The second-order valence-corrected chi connectivity index (χ2v) is 5.91. The average molecular weight is 289 g/mol. The molecule has 1 aliphatic heterocycles. The van der Waals surface area contributed by atoms with Gasteiger partial charge in [-0.25, -0.2) is 0 Å². The Morgan fingerprint density at radius 1 is 1.48 bits per heavy atom. The van der Waals surface area contributed by atoms with Crippen molar-refractivity contribution in [1.29, 1.82) is 0 Å². The minimum atomic E-state index is 0.300. The number of hydrogen-bond donors (Lipinski definition) is 2. The van der Waals surface area contributed by atoms with E-state index in [0.29, 0.717) is 18.5 Å². The number of rotatable bonds is 5. The summed E-state index contributed by atoms with van der Waals surface area (Å²) in [5, 5.41) is 12.5. The van der Waals surface area contributed by atoms with Gasteiger partial charge in [0.05, 0.1) is 0 Å². The highest BCUT2D eigenvalue weighted by atomic mass is 16.4. The van der Waals surface area contributed by atoms with E-state index in [1.54, 1.807) is 0 Å². The molecule has 1 aromatic heterocycles. The Morgan fingerprint density at radius 3 is 3.24 bits per heavy atom. The van der Waals surface area contributed by atoms with Gasteiger partial charge in [-0.15, -0.1) is 0 Å². The van der Waals surface area contributed by atoms with E-state index in [9.17, 15) is 5.11 Å². The number of aryl methyl sites for hydroxylation is 1. The predicted molar refractivity (Wildman–Crippen MR) is 83.5 cm³/mol. The zero-order valence-corrected chi connectivity index (χ0v) is 12.5. The van der Waals surface area contributed by atoms with Crippen LogP contribution in [0.1, 0.15) is 18.4 Å². The first-order valence-electron chi connectivity index (χ1n) is 7.69. The summed E-state index contributed by atoms with van der Waals surface area (Å²) in [7, 11) is 0. The van der Waals surface area contributed by atoms with Crippen molar-refractivity contribution in [3.05, 3.63) is 23.8 Å². The Labute approximate surface area is 125 Å². The van der Waals surface area contributed by atoms with Crippen LogP contribution in [0.2, 0.25) is 0 Å². The zero-order chi connectivity index (χ0) is 14.7. The van der Waals surface area contributed by atoms with Crippen molar-refractivity contribution >= 4 is 17.1 Å². The molecule has 1 saturated heterocycles. The monoisotopic (exact) mass is 289 g/mol. The number of likely N-dealkylation sites (tertiary alicyclic amines) is 1. The molecule has 0 unspecified atom stereocenters. The van der Waals surface area contributed by atoms with Crippen molar-refractivity contribution in [2.24, 2.45) is 5.92 Å². The fraction of sp³-hybridized carbons (Fsp3) is 0.562. The van der Waals surface area contributed by atoms with Crippen molar-refractivity contribution in [2.45, 2.75) is 19.8 Å². The maximum absolute atomic E-state index is 9.25. The highest BCUT2D eigenvalue weighted by Gasteiger charge is 2.18. The summed E-state index contributed by atoms with van der Waals surface area (Å²) in [5.41, 5.74) is 2.91. The largest absolute Gasteiger partial charge is 0.424 e. The van der Waals surface area contributed by atoms with Crippen LogP contribution in [-0.4, -0.2) is 47.8 Å². The molecule has 3 rings (SSSR count). The molecule has 21 heavy (non-hydrogen) atoms. The molecule has 1 aliphatic rings. The lowest BCUT2D eigenvalue weighted by molar-refractivity contribution is 0.123. The number of anilines is 1. The molecular weight excluding hydrogens is 266 g/mol. The van der Waals surface area contributed by atoms with Gasteiger partial charge >= 0.3 is 0 Å². The fourth-order valence-corrected chi connectivity index (χ4v) is 2.94. The van der Waals surface area contributed by atoms with Crippen LogP contribution in [0.5, 0.6) is 0 Å². The summed E-state index contributed by atoms with van der Waals surface area (Å²) in [6.45, 7) is 6.22. The van der Waals surface area contributed by atoms with Gasteiger partial charge in [0, 0.05) is 26.2 Å². The number of nitrogens with zero attached hydrogens (tertiary/aromatic N) is 2. The van der Waals surface area contributed by atoms with Crippen molar-refractivity contribution in [2.75, 3.05) is 38.1 Å². The second-order valence-electron chi connectivity index (χ2n) is 5.91. The van der Waals surface area contributed by atoms with E-state index in [-0.39, 0.29) is 0 Å². The molecular formula is C16H23N3O2. The lowest BCUT2D eigenvalue weighted by Gasteiger charge is -2.31. The smallest absolute Gasteiger partial charge is 0.295 e. The highest BCUT2D eigenvalue weighted by molar-refractivity contribution is 5.75. The van der Waals surface area contributed by atoms with Crippen LogP contribution < -0.4 is 5.32 Å². The maximum atomic E-state index is 9.25. The van der Waals surface area contributed by atoms with E-state index in [2.05, 4.69) is 22.1 Å². The lowest BCUT2D eigenvalue weighted by Crippen LogP contribution is -2.39. The molecule has 0 spiro atoms. The first kappa shape index (κ1) is 14.4. The van der Waals surface area contributed by atoms with Crippen LogP contribution in [-0.2, 0) is 0 Å².